The normalized spacial score (nSPS) is 11.1. The van der Waals surface area contributed by atoms with Crippen LogP contribution < -0.4 is 5.32 Å². The molecule has 1 aromatic carbocycles. The Morgan fingerprint density at radius 3 is 2.15 bits per heavy atom. The molecule has 0 bridgehead atoms. The van der Waals surface area contributed by atoms with Crippen molar-refractivity contribution >= 4 is 21.6 Å². The van der Waals surface area contributed by atoms with Crippen molar-refractivity contribution in [2.24, 2.45) is 0 Å². The summed E-state index contributed by atoms with van der Waals surface area (Å²) in [4.78, 5) is 0. The van der Waals surface area contributed by atoms with E-state index in [9.17, 15) is 4.39 Å². The van der Waals surface area contributed by atoms with Crippen LogP contribution in [0.15, 0.2) is 22.7 Å². The summed E-state index contributed by atoms with van der Waals surface area (Å²) in [7, 11) is 0. The Balaban J connectivity index is 2.56. The molecule has 0 spiro atoms. The highest BCUT2D eigenvalue weighted by Gasteiger charge is 2.11. The SMILES string of the molecule is CCCCCC(CCCCC)Nc1ccc(Br)cc1F. The number of hydrogen-bond acceptors (Lipinski definition) is 1. The lowest BCUT2D eigenvalue weighted by Crippen LogP contribution is -2.20. The van der Waals surface area contributed by atoms with Crippen molar-refractivity contribution in [1.29, 1.82) is 0 Å². The summed E-state index contributed by atoms with van der Waals surface area (Å²) in [6, 6.07) is 5.63. The molecule has 0 saturated heterocycles. The summed E-state index contributed by atoms with van der Waals surface area (Å²) in [5.74, 6) is -0.171. The van der Waals surface area contributed by atoms with Crippen LogP contribution >= 0.6 is 15.9 Å². The molecule has 0 heterocycles. The molecule has 0 radical (unpaired) electrons. The second-order valence-electron chi connectivity index (χ2n) is 5.46. The van der Waals surface area contributed by atoms with Crippen LogP contribution in [0.4, 0.5) is 10.1 Å². The third kappa shape index (κ3) is 6.74. The van der Waals surface area contributed by atoms with Gasteiger partial charge in [0.05, 0.1) is 5.69 Å². The smallest absolute Gasteiger partial charge is 0.147 e. The number of hydrogen-bond donors (Lipinski definition) is 1. The lowest BCUT2D eigenvalue weighted by molar-refractivity contribution is 0.522. The van der Waals surface area contributed by atoms with Gasteiger partial charge in [0.1, 0.15) is 5.82 Å². The Kier molecular flexibility index (Phi) is 8.92. The maximum atomic E-state index is 13.9. The van der Waals surface area contributed by atoms with Gasteiger partial charge in [0.25, 0.3) is 0 Å². The number of rotatable bonds is 10. The summed E-state index contributed by atoms with van der Waals surface area (Å²) < 4.78 is 14.7. The van der Waals surface area contributed by atoms with Crippen LogP contribution in [0.2, 0.25) is 0 Å². The van der Waals surface area contributed by atoms with Crippen molar-refractivity contribution in [3.8, 4) is 0 Å². The van der Waals surface area contributed by atoms with Crippen LogP contribution in [0.3, 0.4) is 0 Å². The van der Waals surface area contributed by atoms with Crippen LogP contribution in [0.1, 0.15) is 65.2 Å². The van der Waals surface area contributed by atoms with E-state index < -0.39 is 0 Å². The van der Waals surface area contributed by atoms with E-state index >= 15 is 0 Å². The van der Waals surface area contributed by atoms with Gasteiger partial charge in [-0.2, -0.15) is 0 Å². The number of benzene rings is 1. The van der Waals surface area contributed by atoms with Crippen molar-refractivity contribution < 1.29 is 4.39 Å². The van der Waals surface area contributed by atoms with E-state index in [1.54, 1.807) is 0 Å². The van der Waals surface area contributed by atoms with Gasteiger partial charge < -0.3 is 5.32 Å². The van der Waals surface area contributed by atoms with Gasteiger partial charge >= 0.3 is 0 Å². The van der Waals surface area contributed by atoms with Gasteiger partial charge in [-0.3, -0.25) is 0 Å². The zero-order chi connectivity index (χ0) is 14.8. The molecule has 114 valence electrons. The summed E-state index contributed by atoms with van der Waals surface area (Å²) in [6.07, 6.45) is 9.68. The first kappa shape index (κ1) is 17.5. The molecule has 0 atom stereocenters. The molecule has 0 saturated carbocycles. The summed E-state index contributed by atoms with van der Waals surface area (Å²) in [5.41, 5.74) is 0.631. The Hall–Kier alpha value is -0.570. The second kappa shape index (κ2) is 10.2. The van der Waals surface area contributed by atoms with Crippen molar-refractivity contribution in [2.45, 2.75) is 71.3 Å². The monoisotopic (exact) mass is 343 g/mol. The highest BCUT2D eigenvalue weighted by atomic mass is 79.9. The van der Waals surface area contributed by atoms with Gasteiger partial charge in [0, 0.05) is 10.5 Å². The first-order chi connectivity index (χ1) is 9.67. The summed E-state index contributed by atoms with van der Waals surface area (Å²) >= 11 is 3.30. The molecule has 0 aliphatic rings. The Labute approximate surface area is 131 Å². The van der Waals surface area contributed by atoms with E-state index in [4.69, 9.17) is 0 Å². The van der Waals surface area contributed by atoms with Gasteiger partial charge in [0.2, 0.25) is 0 Å². The average Bonchev–Trinajstić information content (AvgIpc) is 2.42. The molecule has 0 aromatic heterocycles. The average molecular weight is 344 g/mol. The second-order valence-corrected chi connectivity index (χ2v) is 6.37. The Bertz CT molecular complexity index is 371. The first-order valence-corrected chi connectivity index (χ1v) is 8.68. The van der Waals surface area contributed by atoms with Crippen LogP contribution in [0.25, 0.3) is 0 Å². The minimum atomic E-state index is -0.171. The van der Waals surface area contributed by atoms with Crippen LogP contribution in [-0.4, -0.2) is 6.04 Å². The largest absolute Gasteiger partial charge is 0.380 e. The highest BCUT2D eigenvalue weighted by molar-refractivity contribution is 9.10. The minimum absolute atomic E-state index is 0.171. The number of halogens is 2. The van der Waals surface area contributed by atoms with Gasteiger partial charge in [-0.15, -0.1) is 0 Å². The van der Waals surface area contributed by atoms with E-state index in [-0.39, 0.29) is 5.82 Å². The summed E-state index contributed by atoms with van der Waals surface area (Å²) in [5, 5.41) is 3.40. The van der Waals surface area contributed by atoms with Crippen molar-refractivity contribution in [1.82, 2.24) is 0 Å². The number of unbranched alkanes of at least 4 members (excludes halogenated alkanes) is 4. The summed E-state index contributed by atoms with van der Waals surface area (Å²) in [6.45, 7) is 4.43. The minimum Gasteiger partial charge on any atom is -0.380 e. The van der Waals surface area contributed by atoms with Crippen LogP contribution in [0.5, 0.6) is 0 Å². The quantitative estimate of drug-likeness (QED) is 0.476. The maximum Gasteiger partial charge on any atom is 0.147 e. The molecule has 0 amide bonds. The Morgan fingerprint density at radius 1 is 1.05 bits per heavy atom. The van der Waals surface area contributed by atoms with E-state index in [1.165, 1.54) is 44.6 Å². The molecule has 20 heavy (non-hydrogen) atoms. The third-order valence-electron chi connectivity index (χ3n) is 3.60. The molecule has 1 aromatic rings. The van der Waals surface area contributed by atoms with Gasteiger partial charge in [-0.1, -0.05) is 68.3 Å². The van der Waals surface area contributed by atoms with E-state index in [0.717, 1.165) is 17.3 Å². The van der Waals surface area contributed by atoms with Gasteiger partial charge in [-0.05, 0) is 31.0 Å². The lowest BCUT2D eigenvalue weighted by Gasteiger charge is -2.20. The molecule has 3 heteroatoms. The first-order valence-electron chi connectivity index (χ1n) is 7.89. The zero-order valence-electron chi connectivity index (χ0n) is 12.7. The van der Waals surface area contributed by atoms with E-state index in [0.29, 0.717) is 11.7 Å². The van der Waals surface area contributed by atoms with Crippen LogP contribution in [0, 0.1) is 5.82 Å². The van der Waals surface area contributed by atoms with E-state index in [1.807, 2.05) is 12.1 Å². The number of anilines is 1. The predicted molar refractivity (Wildman–Crippen MR) is 89.8 cm³/mol. The molecule has 0 fully saturated rings. The zero-order valence-corrected chi connectivity index (χ0v) is 14.3. The predicted octanol–water partition coefficient (Wildman–Crippen LogP) is 6.53. The maximum absolute atomic E-state index is 13.9. The molecule has 0 aliphatic carbocycles. The topological polar surface area (TPSA) is 12.0 Å². The van der Waals surface area contributed by atoms with Crippen LogP contribution in [-0.2, 0) is 0 Å². The molecule has 1 N–H and O–H groups in total. The Morgan fingerprint density at radius 2 is 1.65 bits per heavy atom. The fourth-order valence-corrected chi connectivity index (χ4v) is 2.73. The van der Waals surface area contributed by atoms with Crippen molar-refractivity contribution in [3.63, 3.8) is 0 Å². The molecule has 1 nitrogen and oxygen atoms in total. The van der Waals surface area contributed by atoms with Gasteiger partial charge in [-0.25, -0.2) is 4.39 Å². The fourth-order valence-electron chi connectivity index (χ4n) is 2.40. The van der Waals surface area contributed by atoms with Gasteiger partial charge in [0.15, 0.2) is 0 Å². The highest BCUT2D eigenvalue weighted by Crippen LogP contribution is 2.22. The van der Waals surface area contributed by atoms with Crippen molar-refractivity contribution in [3.05, 3.63) is 28.5 Å². The molecule has 1 rings (SSSR count). The van der Waals surface area contributed by atoms with E-state index in [2.05, 4.69) is 35.1 Å². The molecule has 0 aliphatic heterocycles. The number of nitrogens with one attached hydrogen (secondary N) is 1. The molecule has 0 unspecified atom stereocenters. The third-order valence-corrected chi connectivity index (χ3v) is 4.10. The standard InChI is InChI=1S/C17H27BrFN/c1-3-5-7-9-15(10-8-6-4-2)20-17-12-11-14(18)13-16(17)19/h11-13,15,20H,3-10H2,1-2H3. The lowest BCUT2D eigenvalue weighted by atomic mass is 10.0. The molecular formula is C17H27BrFN. The van der Waals surface area contributed by atoms with Crippen molar-refractivity contribution in [2.75, 3.05) is 5.32 Å². The molecular weight excluding hydrogens is 317 g/mol. The fraction of sp³-hybridized carbons (Fsp3) is 0.647.